The van der Waals surface area contributed by atoms with Crippen molar-refractivity contribution >= 4 is 44.9 Å². The highest BCUT2D eigenvalue weighted by Gasteiger charge is 2.12. The number of amides is 1. The van der Waals surface area contributed by atoms with E-state index in [1.54, 1.807) is 17.0 Å². The first-order valence-electron chi connectivity index (χ1n) is 7.67. The van der Waals surface area contributed by atoms with Gasteiger partial charge in [0.25, 0.3) is 0 Å². The first kappa shape index (κ1) is 18.4. The molecule has 0 radical (unpaired) electrons. The monoisotopic (exact) mass is 406 g/mol. The summed E-state index contributed by atoms with van der Waals surface area (Å²) < 4.78 is 6.35. The predicted octanol–water partition coefficient (Wildman–Crippen LogP) is 5.08. The fourth-order valence-corrected chi connectivity index (χ4v) is 2.58. The molecule has 2 rings (SSSR count). The van der Waals surface area contributed by atoms with E-state index in [0.29, 0.717) is 23.8 Å². The zero-order valence-corrected chi connectivity index (χ0v) is 16.0. The van der Waals surface area contributed by atoms with Crippen LogP contribution in [0.5, 0.6) is 5.75 Å². The maximum atomic E-state index is 11.9. The molecule has 126 valence electrons. The largest absolute Gasteiger partial charge is 0.415 e. The summed E-state index contributed by atoms with van der Waals surface area (Å²) in [6.07, 6.45) is -0.344. The summed E-state index contributed by atoms with van der Waals surface area (Å²) in [5.74, 6) is 0.502. The lowest BCUT2D eigenvalue weighted by atomic mass is 10.2. The van der Waals surface area contributed by atoms with Gasteiger partial charge in [0.05, 0.1) is 0 Å². The first-order valence-corrected chi connectivity index (χ1v) is 8.87. The Kier molecular flexibility index (Phi) is 6.75. The molecule has 0 saturated carbocycles. The maximum Gasteiger partial charge on any atom is 0.415 e. The second-order valence-corrected chi connectivity index (χ2v) is 6.35. The standard InChI is InChI=1S/C18H19BrN2O2S/c1-3-21(4-2)18(22)23-16-11-5-13(6-12-16)17(24)20-15-9-7-14(19)8-10-15/h5-12H,3-4H2,1-2H3,(H,20,24). The Morgan fingerprint density at radius 2 is 1.67 bits per heavy atom. The third-order valence-electron chi connectivity index (χ3n) is 3.45. The van der Waals surface area contributed by atoms with E-state index in [0.717, 1.165) is 15.7 Å². The minimum atomic E-state index is -0.344. The number of benzene rings is 2. The Morgan fingerprint density at radius 1 is 1.08 bits per heavy atom. The highest BCUT2D eigenvalue weighted by atomic mass is 79.9. The van der Waals surface area contributed by atoms with Crippen molar-refractivity contribution in [3.63, 3.8) is 0 Å². The lowest BCUT2D eigenvalue weighted by molar-refractivity contribution is 0.157. The van der Waals surface area contributed by atoms with Gasteiger partial charge in [-0.05, 0) is 62.4 Å². The summed E-state index contributed by atoms with van der Waals surface area (Å²) in [5.41, 5.74) is 1.77. The summed E-state index contributed by atoms with van der Waals surface area (Å²) in [6.45, 7) is 5.07. The van der Waals surface area contributed by atoms with Crippen LogP contribution in [0.15, 0.2) is 53.0 Å². The lowest BCUT2D eigenvalue weighted by Crippen LogP contribution is -2.33. The third kappa shape index (κ3) is 5.04. The van der Waals surface area contributed by atoms with Crippen LogP contribution in [0.3, 0.4) is 0 Å². The molecule has 0 bridgehead atoms. The SMILES string of the molecule is CCN(CC)C(=O)Oc1ccc(C(=S)Nc2ccc(Br)cc2)cc1. The van der Waals surface area contributed by atoms with E-state index < -0.39 is 0 Å². The second-order valence-electron chi connectivity index (χ2n) is 5.03. The second kappa shape index (κ2) is 8.80. The molecule has 0 spiro atoms. The number of hydrogen-bond acceptors (Lipinski definition) is 3. The van der Waals surface area contributed by atoms with Crippen LogP contribution in [0.2, 0.25) is 0 Å². The molecule has 0 saturated heterocycles. The minimum absolute atomic E-state index is 0.344. The molecule has 1 amide bonds. The van der Waals surface area contributed by atoms with Gasteiger partial charge in [0.2, 0.25) is 0 Å². The summed E-state index contributed by atoms with van der Waals surface area (Å²) in [7, 11) is 0. The van der Waals surface area contributed by atoms with Gasteiger partial charge in [0.1, 0.15) is 10.7 Å². The molecule has 2 aromatic rings. The van der Waals surface area contributed by atoms with Gasteiger partial charge in [0.15, 0.2) is 0 Å². The summed E-state index contributed by atoms with van der Waals surface area (Å²) in [5, 5.41) is 3.18. The number of ether oxygens (including phenoxy) is 1. The Morgan fingerprint density at radius 3 is 2.21 bits per heavy atom. The van der Waals surface area contributed by atoms with Crippen molar-refractivity contribution in [2.24, 2.45) is 0 Å². The molecular formula is C18H19BrN2O2S. The molecule has 0 atom stereocenters. The Balaban J connectivity index is 1.99. The number of thiocarbonyl (C=S) groups is 1. The van der Waals surface area contributed by atoms with Crippen LogP contribution in [0.1, 0.15) is 19.4 Å². The van der Waals surface area contributed by atoms with Gasteiger partial charge in [-0.1, -0.05) is 28.1 Å². The van der Waals surface area contributed by atoms with Crippen molar-refractivity contribution in [1.29, 1.82) is 0 Å². The molecule has 1 N–H and O–H groups in total. The molecule has 0 aliphatic carbocycles. The topological polar surface area (TPSA) is 41.6 Å². The van der Waals surface area contributed by atoms with Crippen LogP contribution in [0, 0.1) is 0 Å². The Hall–Kier alpha value is -1.92. The van der Waals surface area contributed by atoms with Gasteiger partial charge >= 0.3 is 6.09 Å². The van der Waals surface area contributed by atoms with Gasteiger partial charge in [0, 0.05) is 28.8 Å². The molecule has 0 aliphatic rings. The Bertz CT molecular complexity index is 698. The average molecular weight is 407 g/mol. The predicted molar refractivity (Wildman–Crippen MR) is 105 cm³/mol. The molecule has 0 aliphatic heterocycles. The number of halogens is 1. The van der Waals surface area contributed by atoms with Crippen LogP contribution in [-0.2, 0) is 0 Å². The van der Waals surface area contributed by atoms with Crippen LogP contribution in [-0.4, -0.2) is 29.1 Å². The van der Waals surface area contributed by atoms with Crippen molar-refractivity contribution in [3.05, 3.63) is 58.6 Å². The summed E-state index contributed by atoms with van der Waals surface area (Å²) in [4.78, 5) is 14.2. The number of anilines is 1. The highest BCUT2D eigenvalue weighted by molar-refractivity contribution is 9.10. The minimum Gasteiger partial charge on any atom is -0.410 e. The number of nitrogens with zero attached hydrogens (tertiary/aromatic N) is 1. The molecule has 0 heterocycles. The van der Waals surface area contributed by atoms with Gasteiger partial charge in [-0.25, -0.2) is 4.79 Å². The number of nitrogens with one attached hydrogen (secondary N) is 1. The summed E-state index contributed by atoms with van der Waals surface area (Å²) in [6, 6.07) is 14.9. The van der Waals surface area contributed by atoms with E-state index in [1.807, 2.05) is 50.2 Å². The number of rotatable bonds is 5. The van der Waals surface area contributed by atoms with E-state index in [9.17, 15) is 4.79 Å². The lowest BCUT2D eigenvalue weighted by Gasteiger charge is -2.18. The molecule has 6 heteroatoms. The van der Waals surface area contributed by atoms with E-state index in [4.69, 9.17) is 17.0 Å². The van der Waals surface area contributed by atoms with Gasteiger partial charge < -0.3 is 15.0 Å². The van der Waals surface area contributed by atoms with Crippen LogP contribution in [0.4, 0.5) is 10.5 Å². The highest BCUT2D eigenvalue weighted by Crippen LogP contribution is 2.17. The van der Waals surface area contributed by atoms with Crippen molar-refractivity contribution in [2.75, 3.05) is 18.4 Å². The van der Waals surface area contributed by atoms with E-state index in [2.05, 4.69) is 21.2 Å². The molecule has 4 nitrogen and oxygen atoms in total. The van der Waals surface area contributed by atoms with Crippen LogP contribution in [0.25, 0.3) is 0 Å². The quantitative estimate of drug-likeness (QED) is 0.703. The molecule has 2 aromatic carbocycles. The van der Waals surface area contributed by atoms with E-state index in [1.165, 1.54) is 0 Å². The number of carbonyl (C=O) groups is 1. The smallest absolute Gasteiger partial charge is 0.410 e. The zero-order valence-electron chi connectivity index (χ0n) is 13.6. The van der Waals surface area contributed by atoms with E-state index in [-0.39, 0.29) is 6.09 Å². The molecule has 0 aromatic heterocycles. The maximum absolute atomic E-state index is 11.9. The molecule has 0 unspecified atom stereocenters. The van der Waals surface area contributed by atoms with Crippen molar-refractivity contribution in [1.82, 2.24) is 4.90 Å². The normalized spacial score (nSPS) is 10.1. The Labute approximate surface area is 155 Å². The van der Waals surface area contributed by atoms with Crippen molar-refractivity contribution < 1.29 is 9.53 Å². The van der Waals surface area contributed by atoms with Gasteiger partial charge in [-0.15, -0.1) is 0 Å². The fraction of sp³-hybridized carbons (Fsp3) is 0.222. The fourth-order valence-electron chi connectivity index (χ4n) is 2.06. The number of hydrogen-bond donors (Lipinski definition) is 1. The van der Waals surface area contributed by atoms with Crippen molar-refractivity contribution in [3.8, 4) is 5.75 Å². The first-order chi connectivity index (χ1) is 11.5. The zero-order chi connectivity index (χ0) is 17.5. The summed E-state index contributed by atoms with van der Waals surface area (Å²) >= 11 is 8.81. The number of carbonyl (C=O) groups excluding carboxylic acids is 1. The van der Waals surface area contributed by atoms with Crippen LogP contribution < -0.4 is 10.1 Å². The van der Waals surface area contributed by atoms with E-state index >= 15 is 0 Å². The van der Waals surface area contributed by atoms with Crippen LogP contribution >= 0.6 is 28.1 Å². The molecular weight excluding hydrogens is 388 g/mol. The van der Waals surface area contributed by atoms with Gasteiger partial charge in [-0.3, -0.25) is 0 Å². The average Bonchev–Trinajstić information content (AvgIpc) is 2.58. The molecule has 0 fully saturated rings. The van der Waals surface area contributed by atoms with Crippen molar-refractivity contribution in [2.45, 2.75) is 13.8 Å². The van der Waals surface area contributed by atoms with Gasteiger partial charge in [-0.2, -0.15) is 0 Å². The third-order valence-corrected chi connectivity index (χ3v) is 4.31. The molecule has 24 heavy (non-hydrogen) atoms.